The minimum absolute atomic E-state index is 0.331. The first-order valence-electron chi connectivity index (χ1n) is 4.81. The van der Waals surface area contributed by atoms with Gasteiger partial charge in [-0.05, 0) is 25.1 Å². The van der Waals surface area contributed by atoms with E-state index in [9.17, 15) is 9.50 Å². The summed E-state index contributed by atoms with van der Waals surface area (Å²) in [7, 11) is 0. The van der Waals surface area contributed by atoms with Gasteiger partial charge >= 0.3 is 0 Å². The number of hydrogen-bond acceptors (Lipinski definition) is 2. The number of aliphatic hydroxyl groups is 1. The second kappa shape index (κ2) is 6.08. The van der Waals surface area contributed by atoms with Crippen LogP contribution in [0.15, 0.2) is 22.7 Å². The lowest BCUT2D eigenvalue weighted by Gasteiger charge is -2.13. The van der Waals surface area contributed by atoms with Crippen LogP contribution >= 0.6 is 15.9 Å². The van der Waals surface area contributed by atoms with Crippen LogP contribution in [0.2, 0.25) is 0 Å². The lowest BCUT2D eigenvalue weighted by Crippen LogP contribution is -2.02. The van der Waals surface area contributed by atoms with E-state index in [4.69, 9.17) is 4.74 Å². The highest BCUT2D eigenvalue weighted by atomic mass is 79.9. The molecule has 2 nitrogen and oxygen atoms in total. The molecule has 1 rings (SSSR count). The fraction of sp³-hybridized carbons (Fsp3) is 0.455. The lowest BCUT2D eigenvalue weighted by molar-refractivity contribution is 0.190. The van der Waals surface area contributed by atoms with E-state index < -0.39 is 6.10 Å². The van der Waals surface area contributed by atoms with E-state index in [1.54, 1.807) is 19.1 Å². The number of benzene rings is 1. The highest BCUT2D eigenvalue weighted by molar-refractivity contribution is 9.10. The summed E-state index contributed by atoms with van der Waals surface area (Å²) in [6.07, 6.45) is -0.224. The minimum Gasteiger partial charge on any atom is -0.493 e. The van der Waals surface area contributed by atoms with Crippen LogP contribution < -0.4 is 4.74 Å². The van der Waals surface area contributed by atoms with E-state index in [0.717, 1.165) is 4.47 Å². The Morgan fingerprint density at radius 3 is 2.87 bits per heavy atom. The van der Waals surface area contributed by atoms with Crippen molar-refractivity contribution in [2.75, 3.05) is 13.3 Å². The van der Waals surface area contributed by atoms with Gasteiger partial charge in [0.05, 0.1) is 19.4 Å². The molecule has 0 fully saturated rings. The number of hydrogen-bond donors (Lipinski definition) is 1. The molecule has 0 saturated carbocycles. The third-order valence-corrected chi connectivity index (χ3v) is 2.45. The number of aliphatic hydroxyl groups excluding tert-OH is 1. The highest BCUT2D eigenvalue weighted by Crippen LogP contribution is 2.28. The predicted octanol–water partition coefficient (Wildman–Crippen LogP) is 3.24. The van der Waals surface area contributed by atoms with Crippen molar-refractivity contribution in [3.63, 3.8) is 0 Å². The molecular weight excluding hydrogens is 263 g/mol. The maximum Gasteiger partial charge on any atom is 0.125 e. The first-order chi connectivity index (χ1) is 7.15. The van der Waals surface area contributed by atoms with Crippen molar-refractivity contribution < 1.29 is 14.2 Å². The monoisotopic (exact) mass is 276 g/mol. The van der Waals surface area contributed by atoms with Crippen LogP contribution in [0, 0.1) is 0 Å². The quantitative estimate of drug-likeness (QED) is 0.837. The van der Waals surface area contributed by atoms with Crippen molar-refractivity contribution in [1.82, 2.24) is 0 Å². The van der Waals surface area contributed by atoms with E-state index in [0.29, 0.717) is 24.3 Å². The molecule has 0 aliphatic rings. The number of ether oxygens (including phenoxy) is 1. The third-order valence-electron chi connectivity index (χ3n) is 1.96. The van der Waals surface area contributed by atoms with Gasteiger partial charge in [0.25, 0.3) is 0 Å². The standard InChI is InChI=1S/C11H14BrFO2/c1-8(14)10-7-9(12)3-4-11(10)15-6-2-5-13/h3-4,7-8,14H,2,5-6H2,1H3. The molecular formula is C11H14BrFO2. The van der Waals surface area contributed by atoms with Gasteiger partial charge in [0.2, 0.25) is 0 Å². The Labute approximate surface area is 97.2 Å². The van der Waals surface area contributed by atoms with Gasteiger partial charge in [-0.15, -0.1) is 0 Å². The van der Waals surface area contributed by atoms with Crippen molar-refractivity contribution in [2.24, 2.45) is 0 Å². The zero-order valence-electron chi connectivity index (χ0n) is 8.54. The first-order valence-corrected chi connectivity index (χ1v) is 5.60. The van der Waals surface area contributed by atoms with Gasteiger partial charge in [-0.3, -0.25) is 4.39 Å². The van der Waals surface area contributed by atoms with Crippen LogP contribution in [0.25, 0.3) is 0 Å². The molecule has 0 heterocycles. The normalized spacial score (nSPS) is 12.5. The molecule has 0 saturated heterocycles. The number of halogens is 2. The molecule has 1 aromatic carbocycles. The van der Waals surface area contributed by atoms with Crippen molar-refractivity contribution in [2.45, 2.75) is 19.4 Å². The SMILES string of the molecule is CC(O)c1cc(Br)ccc1OCCCF. The Kier molecular flexibility index (Phi) is 5.05. The molecule has 0 bridgehead atoms. The Balaban J connectivity index is 2.77. The molecule has 1 aromatic rings. The van der Waals surface area contributed by atoms with Crippen LogP contribution in [0.1, 0.15) is 25.0 Å². The number of alkyl halides is 1. The second-order valence-corrected chi connectivity index (χ2v) is 4.16. The summed E-state index contributed by atoms with van der Waals surface area (Å²) < 4.78 is 18.1. The molecule has 84 valence electrons. The summed E-state index contributed by atoms with van der Waals surface area (Å²) in [4.78, 5) is 0. The Morgan fingerprint density at radius 2 is 2.27 bits per heavy atom. The van der Waals surface area contributed by atoms with Crippen LogP contribution in [-0.2, 0) is 0 Å². The zero-order valence-corrected chi connectivity index (χ0v) is 10.1. The molecule has 1 N–H and O–H groups in total. The molecule has 4 heteroatoms. The fourth-order valence-corrected chi connectivity index (χ4v) is 1.59. The summed E-state index contributed by atoms with van der Waals surface area (Å²) in [5.74, 6) is 0.613. The Morgan fingerprint density at radius 1 is 1.53 bits per heavy atom. The molecule has 1 unspecified atom stereocenters. The number of rotatable bonds is 5. The molecule has 0 aliphatic carbocycles. The van der Waals surface area contributed by atoms with Crippen LogP contribution in [-0.4, -0.2) is 18.4 Å². The summed E-state index contributed by atoms with van der Waals surface area (Å²) >= 11 is 3.32. The summed E-state index contributed by atoms with van der Waals surface area (Å²) in [5.41, 5.74) is 0.711. The molecule has 0 spiro atoms. The smallest absolute Gasteiger partial charge is 0.125 e. The second-order valence-electron chi connectivity index (χ2n) is 3.25. The van der Waals surface area contributed by atoms with Gasteiger partial charge in [0.15, 0.2) is 0 Å². The van der Waals surface area contributed by atoms with Crippen molar-refractivity contribution in [3.05, 3.63) is 28.2 Å². The van der Waals surface area contributed by atoms with E-state index in [1.807, 2.05) is 6.07 Å². The van der Waals surface area contributed by atoms with Crippen LogP contribution in [0.3, 0.4) is 0 Å². The van der Waals surface area contributed by atoms with Gasteiger partial charge in [-0.1, -0.05) is 15.9 Å². The average molecular weight is 277 g/mol. The topological polar surface area (TPSA) is 29.5 Å². The molecule has 0 radical (unpaired) electrons. The first kappa shape index (κ1) is 12.5. The van der Waals surface area contributed by atoms with Crippen molar-refractivity contribution in [1.29, 1.82) is 0 Å². The van der Waals surface area contributed by atoms with Gasteiger partial charge < -0.3 is 9.84 Å². The highest BCUT2D eigenvalue weighted by Gasteiger charge is 2.09. The molecule has 15 heavy (non-hydrogen) atoms. The van der Waals surface area contributed by atoms with Gasteiger partial charge in [0.1, 0.15) is 5.75 Å². The van der Waals surface area contributed by atoms with Crippen molar-refractivity contribution >= 4 is 15.9 Å². The summed E-state index contributed by atoms with van der Waals surface area (Å²) in [6, 6.07) is 5.40. The predicted molar refractivity (Wildman–Crippen MR) is 60.9 cm³/mol. The average Bonchev–Trinajstić information content (AvgIpc) is 2.20. The molecule has 1 atom stereocenters. The maximum absolute atomic E-state index is 11.9. The van der Waals surface area contributed by atoms with E-state index >= 15 is 0 Å². The maximum atomic E-state index is 11.9. The third kappa shape index (κ3) is 3.80. The Hall–Kier alpha value is -0.610. The van der Waals surface area contributed by atoms with E-state index in [1.165, 1.54) is 0 Å². The largest absolute Gasteiger partial charge is 0.493 e. The van der Waals surface area contributed by atoms with E-state index in [2.05, 4.69) is 15.9 Å². The van der Waals surface area contributed by atoms with E-state index in [-0.39, 0.29) is 6.67 Å². The summed E-state index contributed by atoms with van der Waals surface area (Å²) in [5, 5.41) is 9.51. The fourth-order valence-electron chi connectivity index (χ4n) is 1.21. The summed E-state index contributed by atoms with van der Waals surface area (Å²) in [6.45, 7) is 1.61. The molecule has 0 aliphatic heterocycles. The molecule has 0 aromatic heterocycles. The van der Waals surface area contributed by atoms with Gasteiger partial charge in [-0.2, -0.15) is 0 Å². The molecule has 0 amide bonds. The lowest BCUT2D eigenvalue weighted by atomic mass is 10.1. The van der Waals surface area contributed by atoms with Crippen LogP contribution in [0.5, 0.6) is 5.75 Å². The van der Waals surface area contributed by atoms with Crippen molar-refractivity contribution in [3.8, 4) is 5.75 Å². The van der Waals surface area contributed by atoms with Gasteiger partial charge in [0, 0.05) is 16.5 Å². The van der Waals surface area contributed by atoms with Crippen LogP contribution in [0.4, 0.5) is 4.39 Å². The minimum atomic E-state index is -0.595. The Bertz CT molecular complexity index is 315. The zero-order chi connectivity index (χ0) is 11.3. The van der Waals surface area contributed by atoms with Gasteiger partial charge in [-0.25, -0.2) is 0 Å².